The second-order valence-electron chi connectivity index (χ2n) is 2.99. The molecule has 0 aliphatic carbocycles. The quantitative estimate of drug-likeness (QED) is 0.662. The van der Waals surface area contributed by atoms with Crippen LogP contribution in [0, 0.1) is 0 Å². The Balaban J connectivity index is 2.82. The van der Waals surface area contributed by atoms with E-state index in [0.717, 1.165) is 0 Å². The standard InChI is InChI=1S/C10H7BrN2O2/c11-5-8(14)9-6-3-1-2-4-7(6)12-10(15)13-9/h1-4H,5H2,(H,12,13,15). The van der Waals surface area contributed by atoms with Gasteiger partial charge in [0.05, 0.1) is 10.8 Å². The van der Waals surface area contributed by atoms with Gasteiger partial charge in [-0.2, -0.15) is 4.98 Å². The lowest BCUT2D eigenvalue weighted by Gasteiger charge is -2.01. The predicted octanol–water partition coefficient (Wildman–Crippen LogP) is 1.50. The second kappa shape index (κ2) is 3.94. The molecule has 0 radical (unpaired) electrons. The zero-order valence-corrected chi connectivity index (χ0v) is 9.24. The monoisotopic (exact) mass is 266 g/mol. The van der Waals surface area contributed by atoms with Crippen molar-refractivity contribution in [3.05, 3.63) is 40.4 Å². The molecule has 1 aromatic heterocycles. The van der Waals surface area contributed by atoms with Gasteiger partial charge < -0.3 is 4.98 Å². The summed E-state index contributed by atoms with van der Waals surface area (Å²) in [6, 6.07) is 7.09. The van der Waals surface area contributed by atoms with Crippen LogP contribution in [0.1, 0.15) is 10.5 Å². The zero-order valence-electron chi connectivity index (χ0n) is 7.66. The molecule has 1 heterocycles. The van der Waals surface area contributed by atoms with Crippen LogP contribution < -0.4 is 5.69 Å². The highest BCUT2D eigenvalue weighted by Crippen LogP contribution is 2.13. The van der Waals surface area contributed by atoms with Crippen LogP contribution in [0.15, 0.2) is 29.1 Å². The van der Waals surface area contributed by atoms with Crippen molar-refractivity contribution < 1.29 is 4.79 Å². The molecule has 0 spiro atoms. The SMILES string of the molecule is O=C(CBr)c1nc(=O)[nH]c2ccccc12. The van der Waals surface area contributed by atoms with Crippen molar-refractivity contribution in [1.29, 1.82) is 0 Å². The van der Waals surface area contributed by atoms with Crippen molar-refractivity contribution >= 4 is 32.6 Å². The Morgan fingerprint density at radius 1 is 1.40 bits per heavy atom. The molecule has 0 aliphatic heterocycles. The van der Waals surface area contributed by atoms with Crippen molar-refractivity contribution in [2.24, 2.45) is 0 Å². The first-order valence-electron chi connectivity index (χ1n) is 4.30. The third-order valence-corrected chi connectivity index (χ3v) is 2.53. The molecule has 15 heavy (non-hydrogen) atoms. The topological polar surface area (TPSA) is 62.8 Å². The van der Waals surface area contributed by atoms with Crippen molar-refractivity contribution in [2.45, 2.75) is 0 Å². The van der Waals surface area contributed by atoms with Gasteiger partial charge in [0, 0.05) is 5.39 Å². The number of alkyl halides is 1. The van der Waals surface area contributed by atoms with Crippen LogP contribution in [0.5, 0.6) is 0 Å². The third kappa shape index (κ3) is 1.83. The molecule has 1 N–H and O–H groups in total. The van der Waals surface area contributed by atoms with E-state index in [1.54, 1.807) is 24.3 Å². The lowest BCUT2D eigenvalue weighted by molar-refractivity contribution is 0.102. The van der Waals surface area contributed by atoms with Gasteiger partial charge in [0.15, 0.2) is 5.78 Å². The van der Waals surface area contributed by atoms with Crippen LogP contribution in [0.25, 0.3) is 10.9 Å². The number of nitrogens with one attached hydrogen (secondary N) is 1. The number of fused-ring (bicyclic) bond motifs is 1. The number of carbonyl (C=O) groups excluding carboxylic acids is 1. The van der Waals surface area contributed by atoms with E-state index in [1.165, 1.54) is 0 Å². The van der Waals surface area contributed by atoms with Gasteiger partial charge in [0.1, 0.15) is 5.69 Å². The number of aromatic amines is 1. The van der Waals surface area contributed by atoms with Crippen LogP contribution in [0.3, 0.4) is 0 Å². The lowest BCUT2D eigenvalue weighted by atomic mass is 10.1. The Bertz CT molecular complexity index is 577. The maximum absolute atomic E-state index is 11.5. The van der Waals surface area contributed by atoms with Gasteiger partial charge in [0.25, 0.3) is 0 Å². The highest BCUT2D eigenvalue weighted by atomic mass is 79.9. The second-order valence-corrected chi connectivity index (χ2v) is 3.55. The van der Waals surface area contributed by atoms with E-state index in [4.69, 9.17) is 0 Å². The summed E-state index contributed by atoms with van der Waals surface area (Å²) in [7, 11) is 0. The first kappa shape index (κ1) is 10.0. The third-order valence-electron chi connectivity index (χ3n) is 2.02. The lowest BCUT2D eigenvalue weighted by Crippen LogP contribution is -2.17. The van der Waals surface area contributed by atoms with Crippen LogP contribution in [0.4, 0.5) is 0 Å². The first-order chi connectivity index (χ1) is 7.22. The minimum Gasteiger partial charge on any atom is -0.305 e. The molecule has 1 aromatic carbocycles. The van der Waals surface area contributed by atoms with Crippen LogP contribution in [0.2, 0.25) is 0 Å². The van der Waals surface area contributed by atoms with Crippen molar-refractivity contribution in [3.8, 4) is 0 Å². The van der Waals surface area contributed by atoms with Crippen molar-refractivity contribution in [1.82, 2.24) is 9.97 Å². The first-order valence-corrected chi connectivity index (χ1v) is 5.43. The summed E-state index contributed by atoms with van der Waals surface area (Å²) in [5, 5.41) is 0.828. The number of carbonyl (C=O) groups is 1. The van der Waals surface area contributed by atoms with E-state index in [-0.39, 0.29) is 16.8 Å². The molecule has 0 aliphatic rings. The Morgan fingerprint density at radius 3 is 2.87 bits per heavy atom. The Kier molecular flexibility index (Phi) is 2.64. The average molecular weight is 267 g/mol. The number of rotatable bonds is 2. The average Bonchev–Trinajstić information content (AvgIpc) is 2.26. The number of hydrogen-bond acceptors (Lipinski definition) is 3. The molecule has 4 nitrogen and oxygen atoms in total. The van der Waals surface area contributed by atoms with E-state index in [9.17, 15) is 9.59 Å². The molecule has 5 heteroatoms. The molecule has 0 saturated heterocycles. The number of hydrogen-bond donors (Lipinski definition) is 1. The van der Waals surface area contributed by atoms with Gasteiger partial charge in [-0.05, 0) is 6.07 Å². The van der Waals surface area contributed by atoms with E-state index in [1.807, 2.05) is 0 Å². The van der Waals surface area contributed by atoms with Gasteiger partial charge in [-0.3, -0.25) is 4.79 Å². The van der Waals surface area contributed by atoms with Crippen molar-refractivity contribution in [3.63, 3.8) is 0 Å². The van der Waals surface area contributed by atoms with E-state index in [0.29, 0.717) is 10.9 Å². The number of nitrogens with zero attached hydrogens (tertiary/aromatic N) is 1. The summed E-state index contributed by atoms with van der Waals surface area (Å²) >= 11 is 3.06. The fraction of sp³-hybridized carbons (Fsp3) is 0.100. The van der Waals surface area contributed by atoms with Gasteiger partial charge in [0.2, 0.25) is 0 Å². The highest BCUT2D eigenvalue weighted by molar-refractivity contribution is 9.09. The summed E-state index contributed by atoms with van der Waals surface area (Å²) in [6.45, 7) is 0. The number of ketones is 1. The molecule has 0 unspecified atom stereocenters. The van der Waals surface area contributed by atoms with Crippen LogP contribution in [-0.2, 0) is 0 Å². The van der Waals surface area contributed by atoms with E-state index in [2.05, 4.69) is 25.9 Å². The Labute approximate surface area is 93.5 Å². The minimum atomic E-state index is -0.502. The van der Waals surface area contributed by atoms with Gasteiger partial charge in [-0.25, -0.2) is 4.79 Å². The molecular formula is C10H7BrN2O2. The number of halogens is 1. The molecule has 0 amide bonds. The Morgan fingerprint density at radius 2 is 2.13 bits per heavy atom. The maximum atomic E-state index is 11.5. The smallest absolute Gasteiger partial charge is 0.305 e. The maximum Gasteiger partial charge on any atom is 0.346 e. The fourth-order valence-electron chi connectivity index (χ4n) is 1.38. The number of Topliss-reactive ketones (excluding diaryl/α,β-unsaturated/α-hetero) is 1. The van der Waals surface area contributed by atoms with Gasteiger partial charge in [-0.1, -0.05) is 34.1 Å². The van der Waals surface area contributed by atoms with E-state index < -0.39 is 5.69 Å². The molecule has 0 atom stereocenters. The molecule has 0 saturated carbocycles. The Hall–Kier alpha value is -1.49. The highest BCUT2D eigenvalue weighted by Gasteiger charge is 2.11. The van der Waals surface area contributed by atoms with Crippen molar-refractivity contribution in [2.75, 3.05) is 5.33 Å². The van der Waals surface area contributed by atoms with E-state index >= 15 is 0 Å². The summed E-state index contributed by atoms with van der Waals surface area (Å²) in [5.41, 5.74) is 0.339. The molecule has 2 aromatic rings. The largest absolute Gasteiger partial charge is 0.346 e. The summed E-state index contributed by atoms with van der Waals surface area (Å²) in [4.78, 5) is 29.0. The molecular weight excluding hydrogens is 260 g/mol. The van der Waals surface area contributed by atoms with Crippen LogP contribution in [-0.4, -0.2) is 21.1 Å². The molecule has 0 bridgehead atoms. The number of para-hydroxylation sites is 1. The summed E-state index contributed by atoms with van der Waals surface area (Å²) in [6.07, 6.45) is 0. The number of H-pyrrole nitrogens is 1. The van der Waals surface area contributed by atoms with Gasteiger partial charge in [-0.15, -0.1) is 0 Å². The predicted molar refractivity (Wildman–Crippen MR) is 60.5 cm³/mol. The molecule has 2 rings (SSSR count). The molecule has 0 fully saturated rings. The molecule has 76 valence electrons. The number of aromatic nitrogens is 2. The number of benzene rings is 1. The van der Waals surface area contributed by atoms with Gasteiger partial charge >= 0.3 is 5.69 Å². The fourth-order valence-corrected chi connectivity index (χ4v) is 1.64. The zero-order chi connectivity index (χ0) is 10.8. The minimum absolute atomic E-state index is 0.160. The van der Waals surface area contributed by atoms with Crippen LogP contribution >= 0.6 is 15.9 Å². The normalized spacial score (nSPS) is 10.5. The summed E-state index contributed by atoms with van der Waals surface area (Å²) < 4.78 is 0. The summed E-state index contributed by atoms with van der Waals surface area (Å²) in [5.74, 6) is -0.197.